The highest BCUT2D eigenvalue weighted by molar-refractivity contribution is 6.05. The minimum Gasteiger partial charge on any atom is -0.204 e. The fourth-order valence-corrected chi connectivity index (χ4v) is 4.07. The standard InChI is InChI=1S/C28H8F10N4/c1-8(20(30)10(3)29)11(4-39)17-15(9(2)16-25(35)21(31)13(6-41)22(32)26(16)36)18(17)12(5-40)19-27(37)23(33)14(7-42)24(34)28(19)38/h3H2,1-2H3/b15-9+,17-11-,18-12?,20-8-. The average Bonchev–Trinajstić information content (AvgIpc) is 3.68. The number of rotatable bonds is 4. The zero-order chi connectivity index (χ0) is 32.0. The molecule has 0 aliphatic heterocycles. The molecule has 3 rings (SSSR count). The van der Waals surface area contributed by atoms with E-state index in [0.29, 0.717) is 0 Å². The van der Waals surface area contributed by atoms with Gasteiger partial charge in [-0.05, 0) is 25.0 Å². The molecule has 0 N–H and O–H groups in total. The third-order valence-electron chi connectivity index (χ3n) is 6.10. The van der Waals surface area contributed by atoms with Crippen LogP contribution in [0.15, 0.2) is 46.1 Å². The predicted octanol–water partition coefficient (Wildman–Crippen LogP) is 7.85. The van der Waals surface area contributed by atoms with Crippen molar-refractivity contribution in [3.05, 3.63) is 115 Å². The fourth-order valence-electron chi connectivity index (χ4n) is 4.07. The van der Waals surface area contributed by atoms with Crippen molar-refractivity contribution in [1.29, 1.82) is 21.0 Å². The van der Waals surface area contributed by atoms with Crippen molar-refractivity contribution < 1.29 is 43.9 Å². The van der Waals surface area contributed by atoms with Crippen LogP contribution in [0, 0.1) is 91.9 Å². The number of nitriles is 4. The summed E-state index contributed by atoms with van der Waals surface area (Å²) in [5, 5.41) is 37.1. The molecular formula is C28H8F10N4. The second-order valence-electron chi connectivity index (χ2n) is 8.30. The van der Waals surface area contributed by atoms with Gasteiger partial charge in [0.05, 0.1) is 22.3 Å². The van der Waals surface area contributed by atoms with Gasteiger partial charge in [0, 0.05) is 16.7 Å². The lowest BCUT2D eigenvalue weighted by atomic mass is 9.99. The van der Waals surface area contributed by atoms with E-state index < -0.39 is 119 Å². The summed E-state index contributed by atoms with van der Waals surface area (Å²) in [6, 6.07) is 4.33. The van der Waals surface area contributed by atoms with Crippen LogP contribution < -0.4 is 0 Å². The Morgan fingerprint density at radius 3 is 1.31 bits per heavy atom. The van der Waals surface area contributed by atoms with Gasteiger partial charge in [0.1, 0.15) is 35.4 Å². The zero-order valence-electron chi connectivity index (χ0n) is 20.8. The van der Waals surface area contributed by atoms with E-state index in [1.807, 2.05) is 0 Å². The van der Waals surface area contributed by atoms with Crippen molar-refractivity contribution >= 4 is 11.1 Å². The molecule has 210 valence electrons. The third-order valence-corrected chi connectivity index (χ3v) is 6.10. The van der Waals surface area contributed by atoms with Crippen molar-refractivity contribution in [1.82, 2.24) is 0 Å². The highest BCUT2D eigenvalue weighted by atomic mass is 19.2. The largest absolute Gasteiger partial charge is 0.204 e. The third kappa shape index (κ3) is 4.49. The average molecular weight is 590 g/mol. The van der Waals surface area contributed by atoms with Crippen LogP contribution in [-0.4, -0.2) is 0 Å². The molecule has 14 heteroatoms. The van der Waals surface area contributed by atoms with Gasteiger partial charge >= 0.3 is 0 Å². The normalized spacial score (nSPS) is 16.4. The summed E-state index contributed by atoms with van der Waals surface area (Å²) in [6.07, 6.45) is 0. The lowest BCUT2D eigenvalue weighted by Crippen LogP contribution is -2.06. The van der Waals surface area contributed by atoms with Crippen LogP contribution in [0.4, 0.5) is 43.9 Å². The van der Waals surface area contributed by atoms with Crippen LogP contribution >= 0.6 is 0 Å². The first-order valence-corrected chi connectivity index (χ1v) is 10.9. The Morgan fingerprint density at radius 2 is 0.976 bits per heavy atom. The molecule has 2 aromatic carbocycles. The van der Waals surface area contributed by atoms with Crippen molar-refractivity contribution in [3.63, 3.8) is 0 Å². The minimum absolute atomic E-state index is 0.731. The molecule has 0 amide bonds. The van der Waals surface area contributed by atoms with Crippen LogP contribution in [0.25, 0.3) is 11.1 Å². The minimum atomic E-state index is -2.29. The van der Waals surface area contributed by atoms with Gasteiger partial charge in [-0.2, -0.15) is 21.0 Å². The fraction of sp³-hybridized carbons (Fsp3) is 0.0714. The van der Waals surface area contributed by atoms with E-state index in [1.165, 1.54) is 12.1 Å². The second-order valence-corrected chi connectivity index (χ2v) is 8.30. The monoisotopic (exact) mass is 590 g/mol. The lowest BCUT2D eigenvalue weighted by molar-refractivity contribution is 0.446. The van der Waals surface area contributed by atoms with E-state index in [9.17, 15) is 54.4 Å². The molecule has 0 heterocycles. The van der Waals surface area contributed by atoms with Crippen LogP contribution in [0.5, 0.6) is 0 Å². The smallest absolute Gasteiger partial charge is 0.180 e. The number of allylic oxidation sites excluding steroid dienone is 9. The van der Waals surface area contributed by atoms with Crippen LogP contribution in [0.1, 0.15) is 36.1 Å². The van der Waals surface area contributed by atoms with E-state index in [0.717, 1.165) is 26.0 Å². The van der Waals surface area contributed by atoms with Gasteiger partial charge in [-0.3, -0.25) is 0 Å². The number of benzene rings is 2. The van der Waals surface area contributed by atoms with Crippen LogP contribution in [0.3, 0.4) is 0 Å². The Morgan fingerprint density at radius 1 is 0.571 bits per heavy atom. The summed E-state index contributed by atoms with van der Waals surface area (Å²) < 4.78 is 145. The molecule has 0 radical (unpaired) electrons. The predicted molar refractivity (Wildman–Crippen MR) is 124 cm³/mol. The molecule has 0 aromatic heterocycles. The molecule has 1 fully saturated rings. The van der Waals surface area contributed by atoms with E-state index in [-0.39, 0.29) is 0 Å². The summed E-state index contributed by atoms with van der Waals surface area (Å²) in [7, 11) is 0. The second kappa shape index (κ2) is 11.1. The van der Waals surface area contributed by atoms with Crippen molar-refractivity contribution in [2.24, 2.45) is 0 Å². The molecule has 4 nitrogen and oxygen atoms in total. The number of nitrogens with zero attached hydrogens (tertiary/aromatic N) is 4. The number of hydrogen-bond donors (Lipinski definition) is 0. The van der Waals surface area contributed by atoms with Crippen molar-refractivity contribution in [3.8, 4) is 24.3 Å². The first-order valence-electron chi connectivity index (χ1n) is 10.9. The maximum absolute atomic E-state index is 14.9. The van der Waals surface area contributed by atoms with Gasteiger partial charge in [-0.15, -0.1) is 0 Å². The van der Waals surface area contributed by atoms with Gasteiger partial charge in [-0.25, -0.2) is 43.9 Å². The van der Waals surface area contributed by atoms with Crippen LogP contribution in [0.2, 0.25) is 0 Å². The molecule has 1 aliphatic rings. The summed E-state index contributed by atoms with van der Waals surface area (Å²) in [6.45, 7) is 4.20. The van der Waals surface area contributed by atoms with Crippen molar-refractivity contribution in [2.75, 3.05) is 0 Å². The molecule has 42 heavy (non-hydrogen) atoms. The van der Waals surface area contributed by atoms with Gasteiger partial charge in [-0.1, -0.05) is 6.58 Å². The Bertz CT molecular complexity index is 1890. The van der Waals surface area contributed by atoms with Gasteiger partial charge in [0.2, 0.25) is 0 Å². The van der Waals surface area contributed by atoms with Gasteiger partial charge in [0.25, 0.3) is 0 Å². The molecule has 0 spiro atoms. The van der Waals surface area contributed by atoms with E-state index in [1.54, 1.807) is 0 Å². The van der Waals surface area contributed by atoms with Gasteiger partial charge in [0.15, 0.2) is 58.2 Å². The zero-order valence-corrected chi connectivity index (χ0v) is 20.8. The van der Waals surface area contributed by atoms with Gasteiger partial charge < -0.3 is 0 Å². The molecule has 0 atom stereocenters. The number of hydrogen-bond acceptors (Lipinski definition) is 4. The highest BCUT2D eigenvalue weighted by Crippen LogP contribution is 2.56. The molecule has 0 bridgehead atoms. The molecule has 2 aromatic rings. The van der Waals surface area contributed by atoms with E-state index in [4.69, 9.17) is 10.5 Å². The SMILES string of the molecule is C=C(F)/C(F)=C(C)/C(C#N)=C1\C(=C(C#N)c2c(F)c(F)c(C#N)c(F)c2F)\C1=C(/C)c1c(F)c(F)c(C#N)c(F)c1F. The molecule has 1 saturated carbocycles. The van der Waals surface area contributed by atoms with Crippen LogP contribution in [-0.2, 0) is 0 Å². The Hall–Kier alpha value is -5.60. The highest BCUT2D eigenvalue weighted by Gasteiger charge is 2.44. The Labute approximate surface area is 229 Å². The summed E-state index contributed by atoms with van der Waals surface area (Å²) in [5.74, 6) is -21.3. The first kappa shape index (κ1) is 30.9. The summed E-state index contributed by atoms with van der Waals surface area (Å²) in [5.41, 5.74) is -13.3. The first-order chi connectivity index (χ1) is 19.6. The quantitative estimate of drug-likeness (QED) is 0.157. The topological polar surface area (TPSA) is 95.2 Å². The molecule has 1 aliphatic carbocycles. The Kier molecular flexibility index (Phi) is 8.18. The maximum atomic E-state index is 14.9. The summed E-state index contributed by atoms with van der Waals surface area (Å²) in [4.78, 5) is 0. The lowest BCUT2D eigenvalue weighted by Gasteiger charge is -2.09. The Balaban J connectivity index is 2.67. The van der Waals surface area contributed by atoms with E-state index >= 15 is 0 Å². The van der Waals surface area contributed by atoms with E-state index in [2.05, 4.69) is 6.58 Å². The summed E-state index contributed by atoms with van der Waals surface area (Å²) >= 11 is 0. The maximum Gasteiger partial charge on any atom is 0.180 e. The number of halogens is 10. The van der Waals surface area contributed by atoms with Crippen molar-refractivity contribution in [2.45, 2.75) is 13.8 Å². The molecule has 0 saturated heterocycles. The molecular weight excluding hydrogens is 582 g/mol. The molecule has 0 unspecified atom stereocenters.